The van der Waals surface area contributed by atoms with Crippen LogP contribution in [0.3, 0.4) is 0 Å². The molecule has 2 rings (SSSR count). The molecular weight excluding hydrogens is 306 g/mol. The molecule has 1 heterocycles. The zero-order chi connectivity index (χ0) is 14.8. The van der Waals surface area contributed by atoms with Crippen LogP contribution in [0.2, 0.25) is 4.34 Å². The smallest absolute Gasteiger partial charge is 0.0931 e. The third-order valence-corrected chi connectivity index (χ3v) is 5.89. The molecule has 2 aromatic rings. The van der Waals surface area contributed by atoms with Gasteiger partial charge in [-0.25, -0.2) is 0 Å². The highest BCUT2D eigenvalue weighted by Crippen LogP contribution is 2.39. The first kappa shape index (κ1) is 15.9. The van der Waals surface area contributed by atoms with E-state index in [1.54, 1.807) is 23.1 Å². The van der Waals surface area contributed by atoms with Gasteiger partial charge in [0.2, 0.25) is 0 Å². The number of benzene rings is 1. The summed E-state index contributed by atoms with van der Waals surface area (Å²) in [6, 6.07) is 12.8. The van der Waals surface area contributed by atoms with Gasteiger partial charge in [-0.15, -0.1) is 23.1 Å². The summed E-state index contributed by atoms with van der Waals surface area (Å²) in [6.45, 7) is 7.30. The maximum absolute atomic E-state index is 6.00. The molecule has 108 valence electrons. The van der Waals surface area contributed by atoms with Crippen molar-refractivity contribution in [2.75, 3.05) is 6.54 Å². The Morgan fingerprint density at radius 2 is 1.80 bits per heavy atom. The monoisotopic (exact) mass is 325 g/mol. The first-order valence-corrected chi connectivity index (χ1v) is 8.70. The van der Waals surface area contributed by atoms with Crippen molar-refractivity contribution in [3.8, 4) is 0 Å². The fourth-order valence-electron chi connectivity index (χ4n) is 1.92. The normalized spacial score (nSPS) is 13.4. The average Bonchev–Trinajstić information content (AvgIpc) is 2.82. The van der Waals surface area contributed by atoms with Gasteiger partial charge in [-0.3, -0.25) is 0 Å². The van der Waals surface area contributed by atoms with E-state index in [-0.39, 0.29) is 10.7 Å². The summed E-state index contributed by atoms with van der Waals surface area (Å²) in [4.78, 5) is 2.49. The lowest BCUT2D eigenvalue weighted by Crippen LogP contribution is -2.10. The summed E-state index contributed by atoms with van der Waals surface area (Å²) in [7, 11) is 0. The standard InChI is InChI=1S/C16H20ClNS2/c1-16(2,3)11-4-6-12(7-5-11)19-14(10-18)13-8-9-15(17)20-13/h4-9,14H,10,18H2,1-3H3. The molecule has 0 bridgehead atoms. The van der Waals surface area contributed by atoms with Crippen LogP contribution in [-0.2, 0) is 5.41 Å². The van der Waals surface area contributed by atoms with Gasteiger partial charge in [-0.05, 0) is 35.2 Å². The van der Waals surface area contributed by atoms with E-state index in [0.717, 1.165) is 4.34 Å². The van der Waals surface area contributed by atoms with Crippen molar-refractivity contribution < 1.29 is 0 Å². The first-order chi connectivity index (χ1) is 9.40. The quantitative estimate of drug-likeness (QED) is 0.752. The number of hydrogen-bond acceptors (Lipinski definition) is 3. The van der Waals surface area contributed by atoms with Crippen LogP contribution >= 0.6 is 34.7 Å². The molecule has 0 radical (unpaired) electrons. The zero-order valence-corrected chi connectivity index (χ0v) is 14.4. The largest absolute Gasteiger partial charge is 0.329 e. The van der Waals surface area contributed by atoms with Gasteiger partial charge in [0, 0.05) is 16.3 Å². The molecule has 1 nitrogen and oxygen atoms in total. The maximum Gasteiger partial charge on any atom is 0.0931 e. The Hall–Kier alpha value is -0.480. The highest BCUT2D eigenvalue weighted by atomic mass is 35.5. The lowest BCUT2D eigenvalue weighted by Gasteiger charge is -2.19. The minimum atomic E-state index is 0.192. The van der Waals surface area contributed by atoms with E-state index in [4.69, 9.17) is 17.3 Å². The molecule has 0 aliphatic heterocycles. The number of thiophene rings is 1. The topological polar surface area (TPSA) is 26.0 Å². The van der Waals surface area contributed by atoms with Crippen LogP contribution in [0, 0.1) is 0 Å². The summed E-state index contributed by atoms with van der Waals surface area (Å²) in [5.74, 6) is 0. The molecule has 20 heavy (non-hydrogen) atoms. The predicted molar refractivity (Wildman–Crippen MR) is 92.1 cm³/mol. The van der Waals surface area contributed by atoms with Crippen LogP contribution < -0.4 is 5.73 Å². The van der Waals surface area contributed by atoms with Gasteiger partial charge < -0.3 is 5.73 Å². The number of hydrogen-bond donors (Lipinski definition) is 1. The van der Waals surface area contributed by atoms with Crippen molar-refractivity contribution in [2.24, 2.45) is 5.73 Å². The molecule has 1 aromatic heterocycles. The molecule has 0 amide bonds. The van der Waals surface area contributed by atoms with Crippen molar-refractivity contribution in [3.63, 3.8) is 0 Å². The van der Waals surface area contributed by atoms with E-state index in [9.17, 15) is 0 Å². The van der Waals surface area contributed by atoms with Crippen LogP contribution in [0.5, 0.6) is 0 Å². The maximum atomic E-state index is 6.00. The summed E-state index contributed by atoms with van der Waals surface area (Å²) in [6.07, 6.45) is 0. The lowest BCUT2D eigenvalue weighted by molar-refractivity contribution is 0.590. The second kappa shape index (κ2) is 6.52. The van der Waals surface area contributed by atoms with E-state index < -0.39 is 0 Å². The summed E-state index contributed by atoms with van der Waals surface area (Å²) >= 11 is 9.42. The van der Waals surface area contributed by atoms with E-state index in [0.29, 0.717) is 6.54 Å². The van der Waals surface area contributed by atoms with Crippen LogP contribution in [0.25, 0.3) is 0 Å². The van der Waals surface area contributed by atoms with Crippen LogP contribution in [0.1, 0.15) is 36.5 Å². The molecule has 0 spiro atoms. The molecule has 1 unspecified atom stereocenters. The Balaban J connectivity index is 2.12. The molecule has 1 aromatic carbocycles. The van der Waals surface area contributed by atoms with Crippen molar-refractivity contribution in [1.82, 2.24) is 0 Å². The van der Waals surface area contributed by atoms with Gasteiger partial charge in [0.1, 0.15) is 0 Å². The SMILES string of the molecule is CC(C)(C)c1ccc(SC(CN)c2ccc(Cl)s2)cc1. The molecule has 0 aliphatic carbocycles. The second-order valence-electron chi connectivity index (χ2n) is 5.76. The average molecular weight is 326 g/mol. The van der Waals surface area contributed by atoms with E-state index in [2.05, 4.69) is 51.1 Å². The van der Waals surface area contributed by atoms with Crippen LogP contribution in [-0.4, -0.2) is 6.54 Å². The van der Waals surface area contributed by atoms with Gasteiger partial charge in [-0.1, -0.05) is 44.5 Å². The molecule has 1 atom stereocenters. The van der Waals surface area contributed by atoms with Gasteiger partial charge in [-0.2, -0.15) is 0 Å². The van der Waals surface area contributed by atoms with Gasteiger partial charge >= 0.3 is 0 Å². The number of halogens is 1. The fourth-order valence-corrected chi connectivity index (χ4v) is 4.18. The Bertz CT molecular complexity index is 555. The van der Waals surface area contributed by atoms with Crippen molar-refractivity contribution in [2.45, 2.75) is 36.3 Å². The van der Waals surface area contributed by atoms with E-state index in [1.165, 1.54) is 15.3 Å². The Labute approximate surface area is 134 Å². The molecule has 0 saturated carbocycles. The van der Waals surface area contributed by atoms with Crippen molar-refractivity contribution in [3.05, 3.63) is 51.2 Å². The van der Waals surface area contributed by atoms with Crippen molar-refractivity contribution >= 4 is 34.7 Å². The molecule has 0 aliphatic rings. The zero-order valence-electron chi connectivity index (χ0n) is 12.0. The lowest BCUT2D eigenvalue weighted by atomic mass is 9.87. The molecular formula is C16H20ClNS2. The van der Waals surface area contributed by atoms with Crippen LogP contribution in [0.4, 0.5) is 0 Å². The van der Waals surface area contributed by atoms with Gasteiger partial charge in [0.05, 0.1) is 9.59 Å². The Morgan fingerprint density at radius 1 is 1.15 bits per heavy atom. The number of rotatable bonds is 4. The Morgan fingerprint density at radius 3 is 2.25 bits per heavy atom. The summed E-state index contributed by atoms with van der Waals surface area (Å²) < 4.78 is 0.821. The minimum Gasteiger partial charge on any atom is -0.329 e. The second-order valence-corrected chi connectivity index (χ2v) is 8.78. The predicted octanol–water partition coefficient (Wildman–Crippen LogP) is 5.49. The first-order valence-electron chi connectivity index (χ1n) is 6.62. The van der Waals surface area contributed by atoms with Crippen LogP contribution in [0.15, 0.2) is 41.3 Å². The third-order valence-electron chi connectivity index (χ3n) is 3.12. The number of nitrogens with two attached hydrogens (primary N) is 1. The highest BCUT2D eigenvalue weighted by molar-refractivity contribution is 7.99. The summed E-state index contributed by atoms with van der Waals surface area (Å²) in [5, 5.41) is 0.271. The van der Waals surface area contributed by atoms with Gasteiger partial charge in [0.15, 0.2) is 0 Å². The molecule has 4 heteroatoms. The van der Waals surface area contributed by atoms with Gasteiger partial charge in [0.25, 0.3) is 0 Å². The summed E-state index contributed by atoms with van der Waals surface area (Å²) in [5.41, 5.74) is 7.45. The minimum absolute atomic E-state index is 0.192. The van der Waals surface area contributed by atoms with Crippen molar-refractivity contribution in [1.29, 1.82) is 0 Å². The molecule has 0 fully saturated rings. The van der Waals surface area contributed by atoms with E-state index >= 15 is 0 Å². The number of thioether (sulfide) groups is 1. The highest BCUT2D eigenvalue weighted by Gasteiger charge is 2.16. The Kier molecular flexibility index (Phi) is 5.19. The fraction of sp³-hybridized carbons (Fsp3) is 0.375. The molecule has 2 N–H and O–H groups in total. The molecule has 0 saturated heterocycles. The van der Waals surface area contributed by atoms with E-state index in [1.807, 2.05) is 6.07 Å². The third kappa shape index (κ3) is 4.01.